The summed E-state index contributed by atoms with van der Waals surface area (Å²) in [7, 11) is -1.18. The Kier molecular flexibility index (Phi) is 5.04. The molecule has 0 saturated carbocycles. The smallest absolute Gasteiger partial charge is 0.218 e. The molecule has 2 aliphatic rings. The van der Waals surface area contributed by atoms with Gasteiger partial charge in [0.1, 0.15) is 0 Å². The van der Waals surface area contributed by atoms with E-state index >= 15 is 0 Å². The lowest BCUT2D eigenvalue weighted by molar-refractivity contribution is -0.117. The summed E-state index contributed by atoms with van der Waals surface area (Å²) in [6, 6.07) is 1.68. The topological polar surface area (TPSA) is 92.5 Å². The summed E-state index contributed by atoms with van der Waals surface area (Å²) in [4.78, 5) is 12.8. The minimum absolute atomic E-state index is 0.0798. The highest BCUT2D eigenvalue weighted by atomic mass is 32.2. The summed E-state index contributed by atoms with van der Waals surface area (Å²) in [5.41, 5.74) is 4.99. The Morgan fingerprint density at radius 2 is 1.85 bits per heavy atom. The zero-order valence-electron chi connectivity index (χ0n) is 12.0. The fraction of sp³-hybridized carbons (Fsp3) is 0.923. The zero-order chi connectivity index (χ0) is 14.8. The third-order valence-electron chi connectivity index (χ3n) is 4.49. The maximum absolute atomic E-state index is 11.8. The minimum atomic E-state index is -3.18. The van der Waals surface area contributed by atoms with Crippen LogP contribution in [0.15, 0.2) is 0 Å². The van der Waals surface area contributed by atoms with Crippen molar-refractivity contribution < 1.29 is 13.2 Å². The number of nitrogens with one attached hydrogen (secondary N) is 1. The Bertz CT molecular complexity index is 440. The van der Waals surface area contributed by atoms with Crippen molar-refractivity contribution in [3.05, 3.63) is 0 Å². The highest BCUT2D eigenvalue weighted by Gasteiger charge is 2.35. The molecule has 0 aliphatic carbocycles. The van der Waals surface area contributed by atoms with Crippen molar-refractivity contribution in [1.29, 1.82) is 0 Å². The molecule has 0 aromatic rings. The van der Waals surface area contributed by atoms with E-state index in [1.165, 1.54) is 12.8 Å². The van der Waals surface area contributed by atoms with Gasteiger partial charge in [-0.05, 0) is 32.7 Å². The van der Waals surface area contributed by atoms with E-state index in [4.69, 9.17) is 5.73 Å². The van der Waals surface area contributed by atoms with Gasteiger partial charge in [-0.3, -0.25) is 4.79 Å². The van der Waals surface area contributed by atoms with Crippen molar-refractivity contribution in [3.63, 3.8) is 0 Å². The number of amides is 1. The van der Waals surface area contributed by atoms with Crippen LogP contribution in [0.2, 0.25) is 0 Å². The van der Waals surface area contributed by atoms with Crippen LogP contribution in [0.1, 0.15) is 32.1 Å². The zero-order valence-corrected chi connectivity index (χ0v) is 12.9. The van der Waals surface area contributed by atoms with Gasteiger partial charge in [-0.1, -0.05) is 0 Å². The average Bonchev–Trinajstić information content (AvgIpc) is 2.72. The molecule has 2 unspecified atom stereocenters. The largest absolute Gasteiger partial charge is 0.370 e. The molecule has 2 bridgehead atoms. The lowest BCUT2D eigenvalue weighted by atomic mass is 9.99. The molecule has 2 heterocycles. The number of piperidine rings is 1. The molecule has 2 atom stereocenters. The normalized spacial score (nSPS) is 29.8. The quantitative estimate of drug-likeness (QED) is 0.661. The van der Waals surface area contributed by atoms with Crippen LogP contribution >= 0.6 is 0 Å². The molecule has 6 nitrogen and oxygen atoms in total. The number of hydrogen-bond donors (Lipinski definition) is 2. The highest BCUT2D eigenvalue weighted by Crippen LogP contribution is 2.29. The van der Waals surface area contributed by atoms with E-state index in [0.717, 1.165) is 12.8 Å². The van der Waals surface area contributed by atoms with Crippen LogP contribution in [0, 0.1) is 0 Å². The molecule has 2 saturated heterocycles. The summed E-state index contributed by atoms with van der Waals surface area (Å²) in [6.45, 7) is 0.533. The van der Waals surface area contributed by atoms with E-state index in [0.29, 0.717) is 24.7 Å². The van der Waals surface area contributed by atoms with Crippen molar-refractivity contribution in [2.45, 2.75) is 50.2 Å². The molecule has 2 fully saturated rings. The van der Waals surface area contributed by atoms with Crippen LogP contribution < -0.4 is 11.1 Å². The van der Waals surface area contributed by atoms with Gasteiger partial charge >= 0.3 is 0 Å². The lowest BCUT2D eigenvalue weighted by Gasteiger charge is -2.35. The van der Waals surface area contributed by atoms with Crippen molar-refractivity contribution >= 4 is 15.7 Å². The van der Waals surface area contributed by atoms with E-state index in [9.17, 15) is 13.2 Å². The molecule has 0 radical (unpaired) electrons. The van der Waals surface area contributed by atoms with Gasteiger partial charge in [0.25, 0.3) is 0 Å². The molecule has 0 aromatic heterocycles. The Hall–Kier alpha value is -0.660. The van der Waals surface area contributed by atoms with E-state index in [-0.39, 0.29) is 17.9 Å². The summed E-state index contributed by atoms with van der Waals surface area (Å²) in [6.07, 6.45) is 4.62. The number of fused-ring (bicyclic) bond motifs is 2. The number of primary amides is 1. The van der Waals surface area contributed by atoms with Gasteiger partial charge in [0, 0.05) is 31.1 Å². The van der Waals surface area contributed by atoms with Gasteiger partial charge < -0.3 is 16.0 Å². The fourth-order valence-electron chi connectivity index (χ4n) is 3.21. The van der Waals surface area contributed by atoms with Gasteiger partial charge in [-0.2, -0.15) is 0 Å². The molecule has 7 heteroatoms. The molecule has 20 heavy (non-hydrogen) atoms. The fourth-order valence-corrected chi connectivity index (χ4v) is 4.49. The first-order valence-electron chi connectivity index (χ1n) is 7.31. The highest BCUT2D eigenvalue weighted by molar-refractivity contribution is 7.91. The maximum Gasteiger partial charge on any atom is 0.218 e. The van der Waals surface area contributed by atoms with Gasteiger partial charge in [-0.25, -0.2) is 8.42 Å². The molecular weight excluding hydrogens is 278 g/mol. The number of carbonyl (C=O) groups is 1. The SMILES string of the molecule is CN(CCS(=O)(=O)CCC(N)=O)C1CC2CCC(C1)N2. The van der Waals surface area contributed by atoms with Crippen LogP contribution in [0.3, 0.4) is 0 Å². The van der Waals surface area contributed by atoms with Crippen molar-refractivity contribution in [1.82, 2.24) is 10.2 Å². The standard InChI is InChI=1S/C13H25N3O3S/c1-16(5-7-20(18,19)6-4-13(14)17)12-8-10-2-3-11(9-12)15-10/h10-12,15H,2-9H2,1H3,(H2,14,17). The molecule has 1 amide bonds. The van der Waals surface area contributed by atoms with Gasteiger partial charge in [0.2, 0.25) is 5.91 Å². The number of sulfone groups is 1. The summed E-state index contributed by atoms with van der Waals surface area (Å²) in [5, 5.41) is 3.58. The third kappa shape index (κ3) is 4.43. The van der Waals surface area contributed by atoms with Crippen LogP contribution in [-0.4, -0.2) is 62.4 Å². The van der Waals surface area contributed by atoms with Crippen LogP contribution in [-0.2, 0) is 14.6 Å². The second kappa shape index (κ2) is 6.41. The Balaban J connectivity index is 1.77. The average molecular weight is 303 g/mol. The second-order valence-corrected chi connectivity index (χ2v) is 8.42. The Labute approximate surface area is 121 Å². The van der Waals surface area contributed by atoms with Crippen molar-refractivity contribution in [2.75, 3.05) is 25.1 Å². The molecule has 0 spiro atoms. The molecule has 2 rings (SSSR count). The number of rotatable bonds is 7. The van der Waals surface area contributed by atoms with E-state index < -0.39 is 15.7 Å². The minimum Gasteiger partial charge on any atom is -0.370 e. The number of nitrogens with zero attached hydrogens (tertiary/aromatic N) is 1. The van der Waals surface area contributed by atoms with E-state index in [1.807, 2.05) is 7.05 Å². The van der Waals surface area contributed by atoms with Crippen LogP contribution in [0.25, 0.3) is 0 Å². The third-order valence-corrected chi connectivity index (χ3v) is 6.12. The molecule has 0 aromatic carbocycles. The number of nitrogens with two attached hydrogens (primary N) is 1. The van der Waals surface area contributed by atoms with Crippen molar-refractivity contribution in [2.24, 2.45) is 5.73 Å². The molecular formula is C13H25N3O3S. The summed E-state index contributed by atoms with van der Waals surface area (Å²) < 4.78 is 23.6. The Morgan fingerprint density at radius 1 is 1.25 bits per heavy atom. The summed E-state index contributed by atoms with van der Waals surface area (Å²) in [5.74, 6) is -0.583. The lowest BCUT2D eigenvalue weighted by Crippen LogP contribution is -2.48. The van der Waals surface area contributed by atoms with E-state index in [1.54, 1.807) is 0 Å². The van der Waals surface area contributed by atoms with Gasteiger partial charge in [0.05, 0.1) is 11.5 Å². The van der Waals surface area contributed by atoms with E-state index in [2.05, 4.69) is 10.2 Å². The monoisotopic (exact) mass is 303 g/mol. The second-order valence-electron chi connectivity index (χ2n) is 6.11. The molecule has 3 N–H and O–H groups in total. The van der Waals surface area contributed by atoms with Gasteiger partial charge in [-0.15, -0.1) is 0 Å². The molecule has 116 valence electrons. The number of hydrogen-bond acceptors (Lipinski definition) is 5. The first kappa shape index (κ1) is 15.7. The first-order valence-corrected chi connectivity index (χ1v) is 9.13. The predicted octanol–water partition coefficient (Wildman–Crippen LogP) is -0.509. The first-order chi connectivity index (χ1) is 9.35. The summed E-state index contributed by atoms with van der Waals surface area (Å²) >= 11 is 0. The van der Waals surface area contributed by atoms with Crippen LogP contribution in [0.5, 0.6) is 0 Å². The van der Waals surface area contributed by atoms with Gasteiger partial charge in [0.15, 0.2) is 9.84 Å². The maximum atomic E-state index is 11.8. The predicted molar refractivity (Wildman–Crippen MR) is 78.1 cm³/mol. The van der Waals surface area contributed by atoms with Crippen molar-refractivity contribution in [3.8, 4) is 0 Å². The molecule has 2 aliphatic heterocycles. The number of carbonyl (C=O) groups excluding carboxylic acids is 1. The van der Waals surface area contributed by atoms with Crippen LogP contribution in [0.4, 0.5) is 0 Å². The Morgan fingerprint density at radius 3 is 2.40 bits per heavy atom.